The molecule has 1 unspecified atom stereocenters. The van der Waals surface area contributed by atoms with Gasteiger partial charge in [0, 0.05) is 18.3 Å². The Morgan fingerprint density at radius 1 is 1.23 bits per heavy atom. The van der Waals surface area contributed by atoms with Crippen LogP contribution in [0.5, 0.6) is 0 Å². The quantitative estimate of drug-likeness (QED) is 0.722. The van der Waals surface area contributed by atoms with Gasteiger partial charge in [-0.2, -0.15) is 0 Å². The molecule has 0 aromatic heterocycles. The van der Waals surface area contributed by atoms with E-state index in [1.54, 1.807) is 16.7 Å². The van der Waals surface area contributed by atoms with Gasteiger partial charge in [-0.1, -0.05) is 6.92 Å². The van der Waals surface area contributed by atoms with Crippen molar-refractivity contribution >= 4 is 23.8 Å². The van der Waals surface area contributed by atoms with Gasteiger partial charge in [-0.3, -0.25) is 4.79 Å². The van der Waals surface area contributed by atoms with E-state index in [2.05, 4.69) is 0 Å². The summed E-state index contributed by atoms with van der Waals surface area (Å²) in [4.78, 5) is 25.6. The van der Waals surface area contributed by atoms with Crippen LogP contribution in [-0.2, 0) is 14.3 Å². The van der Waals surface area contributed by atoms with Gasteiger partial charge in [-0.05, 0) is 47.0 Å². The largest absolute Gasteiger partial charge is 0.465 e. The molecule has 1 heterocycles. The molecule has 0 aliphatic carbocycles. The molecule has 5 nitrogen and oxygen atoms in total. The Balaban J connectivity index is 2.41. The van der Waals surface area contributed by atoms with Gasteiger partial charge in [0.05, 0.1) is 6.61 Å². The zero-order valence-corrected chi connectivity index (χ0v) is 15.2. The predicted molar refractivity (Wildman–Crippen MR) is 89.1 cm³/mol. The van der Waals surface area contributed by atoms with Crippen molar-refractivity contribution < 1.29 is 19.1 Å². The maximum Gasteiger partial charge on any atom is 0.410 e. The lowest BCUT2D eigenvalue weighted by atomic mass is 10.1. The van der Waals surface area contributed by atoms with Crippen LogP contribution >= 0.6 is 11.8 Å². The Hall–Kier alpha value is -0.910. The number of rotatable bonds is 5. The lowest BCUT2D eigenvalue weighted by Crippen LogP contribution is -2.42. The van der Waals surface area contributed by atoms with Crippen molar-refractivity contribution in [2.75, 3.05) is 19.7 Å². The minimum Gasteiger partial charge on any atom is -0.465 e. The second kappa shape index (κ2) is 8.65. The van der Waals surface area contributed by atoms with Crippen molar-refractivity contribution in [3.8, 4) is 0 Å². The molecule has 1 fully saturated rings. The normalized spacial score (nSPS) is 18.0. The van der Waals surface area contributed by atoms with Crippen LogP contribution in [-0.4, -0.2) is 52.8 Å². The van der Waals surface area contributed by atoms with Gasteiger partial charge in [0.1, 0.15) is 10.9 Å². The standard InChI is InChI=1S/C16H29NO4S/c1-6-13(14(18)20-7-2)22-12-8-10-17(11-9-12)15(19)21-16(3,4)5/h12-13H,6-11H2,1-5H3. The number of nitrogens with zero attached hydrogens (tertiary/aromatic N) is 1. The van der Waals surface area contributed by atoms with E-state index in [4.69, 9.17) is 9.47 Å². The first-order valence-corrected chi connectivity index (χ1v) is 9.01. The van der Waals surface area contributed by atoms with Crippen LogP contribution < -0.4 is 0 Å². The lowest BCUT2D eigenvalue weighted by molar-refractivity contribution is -0.142. The number of carbonyl (C=O) groups excluding carboxylic acids is 2. The number of hydrogen-bond donors (Lipinski definition) is 0. The van der Waals surface area contributed by atoms with E-state index < -0.39 is 5.60 Å². The molecular formula is C16H29NO4S. The summed E-state index contributed by atoms with van der Waals surface area (Å²) < 4.78 is 10.5. The second-order valence-electron chi connectivity index (χ2n) is 6.45. The highest BCUT2D eigenvalue weighted by molar-refractivity contribution is 8.01. The summed E-state index contributed by atoms with van der Waals surface area (Å²) in [5.74, 6) is -0.121. The Morgan fingerprint density at radius 3 is 2.27 bits per heavy atom. The third-order valence-electron chi connectivity index (χ3n) is 3.37. The van der Waals surface area contributed by atoms with Gasteiger partial charge >= 0.3 is 12.1 Å². The highest BCUT2D eigenvalue weighted by atomic mass is 32.2. The molecule has 1 amide bonds. The van der Waals surface area contributed by atoms with Crippen LogP contribution in [0.2, 0.25) is 0 Å². The molecule has 0 saturated carbocycles. The topological polar surface area (TPSA) is 55.8 Å². The van der Waals surface area contributed by atoms with Crippen LogP contribution in [0.1, 0.15) is 53.9 Å². The van der Waals surface area contributed by atoms with Gasteiger partial charge in [0.25, 0.3) is 0 Å². The number of amides is 1. The third-order valence-corrected chi connectivity index (χ3v) is 5.08. The number of thioether (sulfide) groups is 1. The number of likely N-dealkylation sites (tertiary alicyclic amines) is 1. The molecule has 128 valence electrons. The third kappa shape index (κ3) is 6.46. The van der Waals surface area contributed by atoms with Crippen LogP contribution in [0.15, 0.2) is 0 Å². The zero-order chi connectivity index (χ0) is 16.8. The summed E-state index contributed by atoms with van der Waals surface area (Å²) in [6.45, 7) is 11.2. The fourth-order valence-electron chi connectivity index (χ4n) is 2.29. The Kier molecular flexibility index (Phi) is 7.53. The molecule has 1 atom stereocenters. The second-order valence-corrected chi connectivity index (χ2v) is 7.96. The molecule has 1 aliphatic rings. The number of carbonyl (C=O) groups is 2. The average Bonchev–Trinajstić information content (AvgIpc) is 2.43. The molecule has 0 N–H and O–H groups in total. The van der Waals surface area contributed by atoms with E-state index in [-0.39, 0.29) is 17.3 Å². The molecule has 1 rings (SSSR count). The fraction of sp³-hybridized carbons (Fsp3) is 0.875. The highest BCUT2D eigenvalue weighted by Gasteiger charge is 2.30. The van der Waals surface area contributed by atoms with Crippen LogP contribution in [0.4, 0.5) is 4.79 Å². The summed E-state index contributed by atoms with van der Waals surface area (Å²) in [5.41, 5.74) is -0.458. The van der Waals surface area contributed by atoms with Crippen molar-refractivity contribution in [3.63, 3.8) is 0 Å². The van der Waals surface area contributed by atoms with E-state index >= 15 is 0 Å². The number of piperidine rings is 1. The number of ether oxygens (including phenoxy) is 2. The van der Waals surface area contributed by atoms with Crippen LogP contribution in [0.25, 0.3) is 0 Å². The fourth-order valence-corrected chi connectivity index (χ4v) is 3.61. The minimum absolute atomic E-state index is 0.0990. The first-order chi connectivity index (χ1) is 10.3. The molecule has 0 spiro atoms. The number of hydrogen-bond acceptors (Lipinski definition) is 5. The Bertz CT molecular complexity index is 373. The molecule has 0 aromatic carbocycles. The predicted octanol–water partition coefficient (Wildman–Crippen LogP) is 3.46. The summed E-state index contributed by atoms with van der Waals surface area (Å²) in [6, 6.07) is 0. The van der Waals surface area contributed by atoms with E-state index in [9.17, 15) is 9.59 Å². The van der Waals surface area contributed by atoms with Crippen LogP contribution in [0.3, 0.4) is 0 Å². The van der Waals surface area contributed by atoms with E-state index in [0.29, 0.717) is 24.9 Å². The van der Waals surface area contributed by atoms with Crippen molar-refractivity contribution in [2.45, 2.75) is 70.0 Å². The zero-order valence-electron chi connectivity index (χ0n) is 14.4. The van der Waals surface area contributed by atoms with Crippen molar-refractivity contribution in [3.05, 3.63) is 0 Å². The molecule has 22 heavy (non-hydrogen) atoms. The molecular weight excluding hydrogens is 302 g/mol. The van der Waals surface area contributed by atoms with Gasteiger partial charge < -0.3 is 14.4 Å². The molecule has 1 aliphatic heterocycles. The molecule has 1 saturated heterocycles. The maximum atomic E-state index is 12.0. The van der Waals surface area contributed by atoms with E-state index in [0.717, 1.165) is 19.3 Å². The van der Waals surface area contributed by atoms with Gasteiger partial charge in [-0.25, -0.2) is 4.79 Å². The number of esters is 1. The molecule has 0 radical (unpaired) electrons. The molecule has 0 aromatic rings. The monoisotopic (exact) mass is 331 g/mol. The van der Waals surface area contributed by atoms with Crippen molar-refractivity contribution in [1.82, 2.24) is 4.90 Å². The first-order valence-electron chi connectivity index (χ1n) is 8.06. The van der Waals surface area contributed by atoms with Crippen LogP contribution in [0, 0.1) is 0 Å². The van der Waals surface area contributed by atoms with Crippen molar-refractivity contribution in [1.29, 1.82) is 0 Å². The van der Waals surface area contributed by atoms with Gasteiger partial charge in [0.15, 0.2) is 0 Å². The maximum absolute atomic E-state index is 12.0. The smallest absolute Gasteiger partial charge is 0.410 e. The van der Waals surface area contributed by atoms with Gasteiger partial charge in [0.2, 0.25) is 0 Å². The molecule has 6 heteroatoms. The van der Waals surface area contributed by atoms with E-state index in [1.807, 2.05) is 34.6 Å². The van der Waals surface area contributed by atoms with Gasteiger partial charge in [-0.15, -0.1) is 11.8 Å². The average molecular weight is 331 g/mol. The molecule has 0 bridgehead atoms. The Morgan fingerprint density at radius 2 is 1.82 bits per heavy atom. The summed E-state index contributed by atoms with van der Waals surface area (Å²) in [5, 5.41) is 0.297. The van der Waals surface area contributed by atoms with Crippen molar-refractivity contribution in [2.24, 2.45) is 0 Å². The lowest BCUT2D eigenvalue weighted by Gasteiger charge is -2.34. The Labute approximate surface area is 138 Å². The van der Waals surface area contributed by atoms with E-state index in [1.165, 1.54) is 0 Å². The summed E-state index contributed by atoms with van der Waals surface area (Å²) >= 11 is 1.69. The first kappa shape index (κ1) is 19.1. The highest BCUT2D eigenvalue weighted by Crippen LogP contribution is 2.30. The minimum atomic E-state index is -0.458. The summed E-state index contributed by atoms with van der Waals surface area (Å²) in [7, 11) is 0. The SMILES string of the molecule is CCOC(=O)C(CC)SC1CCN(C(=O)OC(C)(C)C)CC1. The summed E-state index contributed by atoms with van der Waals surface area (Å²) in [6.07, 6.45) is 2.31.